The number of ether oxygens (including phenoxy) is 2. The highest BCUT2D eigenvalue weighted by molar-refractivity contribution is 6.33. The van der Waals surface area contributed by atoms with Crippen LogP contribution in [0.1, 0.15) is 41.0 Å². The Balaban J connectivity index is 2.09. The Morgan fingerprint density at radius 3 is 2.44 bits per heavy atom. The van der Waals surface area contributed by atoms with Gasteiger partial charge in [0, 0.05) is 11.3 Å². The van der Waals surface area contributed by atoms with Gasteiger partial charge in [-0.05, 0) is 55.8 Å². The minimum absolute atomic E-state index is 0.213. The van der Waals surface area contributed by atoms with Gasteiger partial charge in [-0.1, -0.05) is 18.5 Å². The average Bonchev–Trinajstić information content (AvgIpc) is 2.62. The summed E-state index contributed by atoms with van der Waals surface area (Å²) in [7, 11) is 0. The predicted molar refractivity (Wildman–Crippen MR) is 97.6 cm³/mol. The fraction of sp³-hybridized carbons (Fsp3) is 0.263. The summed E-state index contributed by atoms with van der Waals surface area (Å²) in [5.41, 5.74) is 1.16. The molecule has 1 amide bonds. The first kappa shape index (κ1) is 18.8. The molecule has 0 aromatic heterocycles. The van der Waals surface area contributed by atoms with Crippen molar-refractivity contribution in [2.75, 3.05) is 18.5 Å². The van der Waals surface area contributed by atoms with E-state index in [9.17, 15) is 9.59 Å². The van der Waals surface area contributed by atoms with E-state index in [0.717, 1.165) is 12.2 Å². The van der Waals surface area contributed by atoms with Gasteiger partial charge in [0.2, 0.25) is 0 Å². The van der Waals surface area contributed by atoms with Crippen molar-refractivity contribution in [1.29, 1.82) is 0 Å². The highest BCUT2D eigenvalue weighted by Gasteiger charge is 2.14. The Bertz CT molecular complexity index is 744. The van der Waals surface area contributed by atoms with Crippen molar-refractivity contribution in [3.63, 3.8) is 0 Å². The van der Waals surface area contributed by atoms with Gasteiger partial charge >= 0.3 is 5.97 Å². The number of anilines is 1. The third-order valence-electron chi connectivity index (χ3n) is 3.31. The lowest BCUT2D eigenvalue weighted by molar-refractivity contribution is 0.0526. The molecule has 0 atom stereocenters. The van der Waals surface area contributed by atoms with E-state index in [1.165, 1.54) is 6.07 Å². The Labute approximate surface area is 151 Å². The molecule has 2 rings (SSSR count). The number of hydrogen-bond acceptors (Lipinski definition) is 4. The number of hydrogen-bond donors (Lipinski definition) is 1. The first-order valence-corrected chi connectivity index (χ1v) is 8.43. The molecule has 0 radical (unpaired) electrons. The van der Waals surface area contributed by atoms with Crippen LogP contribution >= 0.6 is 11.6 Å². The van der Waals surface area contributed by atoms with Gasteiger partial charge in [-0.3, -0.25) is 4.79 Å². The van der Waals surface area contributed by atoms with Crippen LogP contribution in [0.15, 0.2) is 42.5 Å². The molecule has 2 aromatic carbocycles. The van der Waals surface area contributed by atoms with Crippen molar-refractivity contribution in [3.05, 3.63) is 58.6 Å². The van der Waals surface area contributed by atoms with Crippen LogP contribution in [0.5, 0.6) is 5.75 Å². The topological polar surface area (TPSA) is 64.6 Å². The van der Waals surface area contributed by atoms with Gasteiger partial charge in [-0.2, -0.15) is 0 Å². The highest BCUT2D eigenvalue weighted by atomic mass is 35.5. The Morgan fingerprint density at radius 1 is 1.08 bits per heavy atom. The van der Waals surface area contributed by atoms with Gasteiger partial charge in [-0.25, -0.2) is 4.79 Å². The minimum atomic E-state index is -0.527. The smallest absolute Gasteiger partial charge is 0.339 e. The molecule has 0 fully saturated rings. The molecule has 0 aliphatic rings. The number of carbonyl (C=O) groups is 2. The molecular weight excluding hydrogens is 342 g/mol. The number of amides is 1. The standard InChI is InChI=1S/C19H20ClNO4/c1-3-11-25-15-8-5-13(6-9-15)18(22)21-14-7-10-17(20)16(12-14)19(23)24-4-2/h5-10,12H,3-4,11H2,1-2H3,(H,21,22). The number of halogens is 1. The van der Waals surface area contributed by atoms with E-state index in [1.54, 1.807) is 43.3 Å². The van der Waals surface area contributed by atoms with Crippen LogP contribution in [0, 0.1) is 0 Å². The molecule has 25 heavy (non-hydrogen) atoms. The summed E-state index contributed by atoms with van der Waals surface area (Å²) in [4.78, 5) is 24.2. The van der Waals surface area contributed by atoms with Gasteiger partial charge < -0.3 is 14.8 Å². The summed E-state index contributed by atoms with van der Waals surface area (Å²) in [6.45, 7) is 4.62. The third-order valence-corrected chi connectivity index (χ3v) is 3.64. The lowest BCUT2D eigenvalue weighted by Gasteiger charge is -2.09. The largest absolute Gasteiger partial charge is 0.494 e. The third kappa shape index (κ3) is 5.22. The van der Waals surface area contributed by atoms with E-state index in [4.69, 9.17) is 21.1 Å². The van der Waals surface area contributed by atoms with Crippen molar-refractivity contribution in [1.82, 2.24) is 0 Å². The summed E-state index contributed by atoms with van der Waals surface area (Å²) in [5.74, 6) is -0.102. The van der Waals surface area contributed by atoms with E-state index in [1.807, 2.05) is 6.92 Å². The Morgan fingerprint density at radius 2 is 1.80 bits per heavy atom. The highest BCUT2D eigenvalue weighted by Crippen LogP contribution is 2.22. The van der Waals surface area contributed by atoms with E-state index < -0.39 is 5.97 Å². The first-order valence-electron chi connectivity index (χ1n) is 8.06. The van der Waals surface area contributed by atoms with E-state index in [-0.39, 0.29) is 23.1 Å². The Kier molecular flexibility index (Phi) is 6.83. The zero-order valence-electron chi connectivity index (χ0n) is 14.2. The molecular formula is C19H20ClNO4. The molecule has 132 valence electrons. The van der Waals surface area contributed by atoms with E-state index in [2.05, 4.69) is 5.32 Å². The predicted octanol–water partition coefficient (Wildman–Crippen LogP) is 4.56. The number of benzene rings is 2. The van der Waals surface area contributed by atoms with Crippen molar-refractivity contribution in [2.45, 2.75) is 20.3 Å². The fourth-order valence-electron chi connectivity index (χ4n) is 2.09. The van der Waals surface area contributed by atoms with Crippen LogP contribution in [0.3, 0.4) is 0 Å². The summed E-state index contributed by atoms with van der Waals surface area (Å²) >= 11 is 6.01. The van der Waals surface area contributed by atoms with Gasteiger partial charge in [-0.15, -0.1) is 0 Å². The zero-order valence-corrected chi connectivity index (χ0v) is 14.9. The fourth-order valence-corrected chi connectivity index (χ4v) is 2.29. The molecule has 1 N–H and O–H groups in total. The van der Waals surface area contributed by atoms with Crippen LogP contribution in [-0.2, 0) is 4.74 Å². The molecule has 5 nitrogen and oxygen atoms in total. The van der Waals surface area contributed by atoms with Crippen LogP contribution in [0.25, 0.3) is 0 Å². The second-order valence-corrected chi connectivity index (χ2v) is 5.65. The van der Waals surface area contributed by atoms with Crippen molar-refractivity contribution >= 4 is 29.2 Å². The number of rotatable bonds is 7. The second-order valence-electron chi connectivity index (χ2n) is 5.24. The minimum Gasteiger partial charge on any atom is -0.494 e. The first-order chi connectivity index (χ1) is 12.0. The normalized spacial score (nSPS) is 10.2. The molecule has 6 heteroatoms. The Hall–Kier alpha value is -2.53. The number of esters is 1. The molecule has 0 heterocycles. The maximum atomic E-state index is 12.3. The number of carbonyl (C=O) groups excluding carboxylic acids is 2. The molecule has 0 spiro atoms. The van der Waals surface area contributed by atoms with Crippen LogP contribution in [0.2, 0.25) is 5.02 Å². The van der Waals surface area contributed by atoms with Gasteiger partial charge in [0.15, 0.2) is 0 Å². The van der Waals surface area contributed by atoms with Crippen LogP contribution in [-0.4, -0.2) is 25.1 Å². The summed E-state index contributed by atoms with van der Waals surface area (Å²) in [6.07, 6.45) is 0.918. The lowest BCUT2D eigenvalue weighted by atomic mass is 10.1. The summed E-state index contributed by atoms with van der Waals surface area (Å²) < 4.78 is 10.4. The molecule has 0 saturated heterocycles. The van der Waals surface area contributed by atoms with Gasteiger partial charge in [0.1, 0.15) is 5.75 Å². The molecule has 0 aliphatic carbocycles. The van der Waals surface area contributed by atoms with Crippen molar-refractivity contribution in [3.8, 4) is 5.75 Å². The van der Waals surface area contributed by atoms with Gasteiger partial charge in [0.05, 0.1) is 23.8 Å². The molecule has 2 aromatic rings. The van der Waals surface area contributed by atoms with Crippen LogP contribution in [0.4, 0.5) is 5.69 Å². The van der Waals surface area contributed by atoms with Crippen molar-refractivity contribution in [2.24, 2.45) is 0 Å². The maximum Gasteiger partial charge on any atom is 0.339 e. The van der Waals surface area contributed by atoms with E-state index >= 15 is 0 Å². The molecule has 0 bridgehead atoms. The molecule has 0 aliphatic heterocycles. The maximum absolute atomic E-state index is 12.3. The SMILES string of the molecule is CCCOc1ccc(C(=O)Nc2ccc(Cl)c(C(=O)OCC)c2)cc1. The number of nitrogens with one attached hydrogen (secondary N) is 1. The average molecular weight is 362 g/mol. The summed E-state index contributed by atoms with van der Waals surface area (Å²) in [6, 6.07) is 11.5. The van der Waals surface area contributed by atoms with E-state index in [0.29, 0.717) is 17.9 Å². The lowest BCUT2D eigenvalue weighted by Crippen LogP contribution is -2.13. The quantitative estimate of drug-likeness (QED) is 0.734. The summed E-state index contributed by atoms with van der Waals surface area (Å²) in [5, 5.41) is 3.01. The molecule has 0 saturated carbocycles. The molecule has 0 unspecified atom stereocenters. The second kappa shape index (κ2) is 9.08. The van der Waals surface area contributed by atoms with Crippen LogP contribution < -0.4 is 10.1 Å². The monoisotopic (exact) mass is 361 g/mol. The zero-order chi connectivity index (χ0) is 18.2. The van der Waals surface area contributed by atoms with Gasteiger partial charge in [0.25, 0.3) is 5.91 Å². The van der Waals surface area contributed by atoms with Crippen molar-refractivity contribution < 1.29 is 19.1 Å².